The highest BCUT2D eigenvalue weighted by Gasteiger charge is 2.27. The largest absolute Gasteiger partial charge is 0.365 e. The molecule has 1 N–H and O–H groups in total. The highest BCUT2D eigenvalue weighted by molar-refractivity contribution is 7.15. The monoisotopic (exact) mass is 241 g/mol. The van der Waals surface area contributed by atoms with E-state index >= 15 is 0 Å². The average molecular weight is 241 g/mol. The standard InChI is InChI=1S/C10H15N3O2S/c1-7-5-12-10(16-7)13-3-4-15-8(6-13)9(14)11-2/h5,8H,3-4,6H2,1-2H3,(H,11,14). The molecule has 1 fully saturated rings. The van der Waals surface area contributed by atoms with Crippen LogP contribution in [0.5, 0.6) is 0 Å². The van der Waals surface area contributed by atoms with Crippen LogP contribution in [0.2, 0.25) is 0 Å². The first-order valence-corrected chi connectivity index (χ1v) is 6.03. The Morgan fingerprint density at radius 3 is 3.19 bits per heavy atom. The lowest BCUT2D eigenvalue weighted by molar-refractivity contribution is -0.132. The molecule has 2 heterocycles. The topological polar surface area (TPSA) is 54.5 Å². The Morgan fingerprint density at radius 1 is 1.75 bits per heavy atom. The molecule has 2 rings (SSSR count). The highest BCUT2D eigenvalue weighted by atomic mass is 32.1. The molecule has 1 aromatic heterocycles. The molecule has 88 valence electrons. The van der Waals surface area contributed by atoms with E-state index in [-0.39, 0.29) is 12.0 Å². The van der Waals surface area contributed by atoms with E-state index in [0.29, 0.717) is 13.2 Å². The van der Waals surface area contributed by atoms with Gasteiger partial charge < -0.3 is 15.0 Å². The van der Waals surface area contributed by atoms with Gasteiger partial charge in [-0.2, -0.15) is 0 Å². The van der Waals surface area contributed by atoms with Gasteiger partial charge in [0.15, 0.2) is 11.2 Å². The van der Waals surface area contributed by atoms with Crippen molar-refractivity contribution >= 4 is 22.4 Å². The van der Waals surface area contributed by atoms with Crippen LogP contribution in [0.25, 0.3) is 0 Å². The van der Waals surface area contributed by atoms with Crippen molar-refractivity contribution in [3.05, 3.63) is 11.1 Å². The number of carbonyl (C=O) groups is 1. The molecular weight excluding hydrogens is 226 g/mol. The summed E-state index contributed by atoms with van der Waals surface area (Å²) in [4.78, 5) is 19.1. The van der Waals surface area contributed by atoms with Crippen LogP contribution in [0.1, 0.15) is 4.88 Å². The molecule has 0 saturated carbocycles. The molecule has 6 heteroatoms. The minimum atomic E-state index is -0.386. The summed E-state index contributed by atoms with van der Waals surface area (Å²) in [5, 5.41) is 3.57. The molecule has 1 aromatic rings. The van der Waals surface area contributed by atoms with Gasteiger partial charge >= 0.3 is 0 Å². The van der Waals surface area contributed by atoms with E-state index in [9.17, 15) is 4.79 Å². The van der Waals surface area contributed by atoms with Crippen molar-refractivity contribution in [2.75, 3.05) is 31.6 Å². The first kappa shape index (κ1) is 11.3. The molecule has 1 unspecified atom stereocenters. The van der Waals surface area contributed by atoms with Gasteiger partial charge in [0.2, 0.25) is 0 Å². The number of ether oxygens (including phenoxy) is 1. The van der Waals surface area contributed by atoms with E-state index in [1.54, 1.807) is 18.4 Å². The van der Waals surface area contributed by atoms with Crippen molar-refractivity contribution in [3.8, 4) is 0 Å². The van der Waals surface area contributed by atoms with E-state index in [2.05, 4.69) is 15.2 Å². The molecule has 0 aliphatic carbocycles. The van der Waals surface area contributed by atoms with Gasteiger partial charge in [0, 0.05) is 24.7 Å². The molecular formula is C10H15N3O2S. The Morgan fingerprint density at radius 2 is 2.56 bits per heavy atom. The zero-order valence-electron chi connectivity index (χ0n) is 9.40. The first-order chi connectivity index (χ1) is 7.70. The zero-order chi connectivity index (χ0) is 11.5. The van der Waals surface area contributed by atoms with E-state index in [0.717, 1.165) is 11.7 Å². The molecule has 0 spiro atoms. The highest BCUT2D eigenvalue weighted by Crippen LogP contribution is 2.23. The third-order valence-electron chi connectivity index (χ3n) is 2.48. The van der Waals surface area contributed by atoms with Crippen molar-refractivity contribution in [1.29, 1.82) is 0 Å². The van der Waals surface area contributed by atoms with Crippen LogP contribution in [0, 0.1) is 6.92 Å². The fourth-order valence-electron chi connectivity index (χ4n) is 1.63. The van der Waals surface area contributed by atoms with E-state index < -0.39 is 0 Å². The van der Waals surface area contributed by atoms with Gasteiger partial charge in [0.1, 0.15) is 0 Å². The smallest absolute Gasteiger partial charge is 0.250 e. The van der Waals surface area contributed by atoms with Crippen LogP contribution in [-0.2, 0) is 9.53 Å². The predicted octanol–water partition coefficient (Wildman–Crippen LogP) is 0.403. The van der Waals surface area contributed by atoms with Crippen LogP contribution in [0.15, 0.2) is 6.20 Å². The molecule has 1 atom stereocenters. The quantitative estimate of drug-likeness (QED) is 0.814. The Kier molecular flexibility index (Phi) is 3.40. The molecule has 1 aliphatic rings. The Labute approximate surface area is 98.4 Å². The van der Waals surface area contributed by atoms with Crippen LogP contribution in [-0.4, -0.2) is 43.7 Å². The van der Waals surface area contributed by atoms with Crippen LogP contribution in [0.4, 0.5) is 5.13 Å². The lowest BCUT2D eigenvalue weighted by atomic mass is 10.2. The van der Waals surface area contributed by atoms with Crippen molar-refractivity contribution in [2.24, 2.45) is 0 Å². The fraction of sp³-hybridized carbons (Fsp3) is 0.600. The van der Waals surface area contributed by atoms with Crippen molar-refractivity contribution in [2.45, 2.75) is 13.0 Å². The van der Waals surface area contributed by atoms with Gasteiger partial charge in [-0.3, -0.25) is 4.79 Å². The number of aryl methyl sites for hydroxylation is 1. The number of rotatable bonds is 2. The van der Waals surface area contributed by atoms with E-state index in [4.69, 9.17) is 4.74 Å². The third-order valence-corrected chi connectivity index (χ3v) is 3.46. The predicted molar refractivity (Wildman–Crippen MR) is 62.9 cm³/mol. The molecule has 1 aliphatic heterocycles. The summed E-state index contributed by atoms with van der Waals surface area (Å²) in [5.74, 6) is -0.0713. The van der Waals surface area contributed by atoms with Gasteiger partial charge in [0.05, 0.1) is 13.2 Å². The second kappa shape index (κ2) is 4.80. The summed E-state index contributed by atoms with van der Waals surface area (Å²) in [5.41, 5.74) is 0. The van der Waals surface area contributed by atoms with E-state index in [1.165, 1.54) is 4.88 Å². The second-order valence-corrected chi connectivity index (χ2v) is 4.89. The minimum absolute atomic E-state index is 0.0713. The zero-order valence-corrected chi connectivity index (χ0v) is 10.2. The maximum atomic E-state index is 11.5. The SMILES string of the molecule is CNC(=O)C1CN(c2ncc(C)s2)CCO1. The number of nitrogens with zero attached hydrogens (tertiary/aromatic N) is 2. The number of morpholine rings is 1. The van der Waals surface area contributed by atoms with Crippen LogP contribution < -0.4 is 10.2 Å². The van der Waals surface area contributed by atoms with Gasteiger partial charge in [-0.1, -0.05) is 0 Å². The number of hydrogen-bond acceptors (Lipinski definition) is 5. The number of carbonyl (C=O) groups excluding carboxylic acids is 1. The summed E-state index contributed by atoms with van der Waals surface area (Å²) >= 11 is 1.64. The summed E-state index contributed by atoms with van der Waals surface area (Å²) in [6.07, 6.45) is 1.47. The summed E-state index contributed by atoms with van der Waals surface area (Å²) in [6, 6.07) is 0. The number of nitrogens with one attached hydrogen (secondary N) is 1. The van der Waals surface area contributed by atoms with Gasteiger partial charge in [-0.25, -0.2) is 4.98 Å². The van der Waals surface area contributed by atoms with Crippen LogP contribution in [0.3, 0.4) is 0 Å². The normalized spacial score (nSPS) is 20.9. The molecule has 5 nitrogen and oxygen atoms in total. The number of aromatic nitrogens is 1. The summed E-state index contributed by atoms with van der Waals surface area (Å²) < 4.78 is 5.41. The molecule has 0 bridgehead atoms. The van der Waals surface area contributed by atoms with E-state index in [1.807, 2.05) is 13.1 Å². The Bertz CT molecular complexity index is 380. The van der Waals surface area contributed by atoms with Crippen molar-refractivity contribution < 1.29 is 9.53 Å². The third kappa shape index (κ3) is 2.33. The van der Waals surface area contributed by atoms with Gasteiger partial charge in [-0.15, -0.1) is 11.3 Å². The minimum Gasteiger partial charge on any atom is -0.365 e. The summed E-state index contributed by atoms with van der Waals surface area (Å²) in [6.45, 7) is 3.96. The first-order valence-electron chi connectivity index (χ1n) is 5.21. The number of thiazole rings is 1. The van der Waals surface area contributed by atoms with Crippen molar-refractivity contribution in [3.63, 3.8) is 0 Å². The average Bonchev–Trinajstić information content (AvgIpc) is 2.75. The lowest BCUT2D eigenvalue weighted by Crippen LogP contribution is -2.49. The Hall–Kier alpha value is -1.14. The fourth-order valence-corrected chi connectivity index (χ4v) is 2.43. The van der Waals surface area contributed by atoms with Crippen molar-refractivity contribution in [1.82, 2.24) is 10.3 Å². The van der Waals surface area contributed by atoms with Gasteiger partial charge in [0.25, 0.3) is 5.91 Å². The molecule has 1 saturated heterocycles. The maximum Gasteiger partial charge on any atom is 0.250 e. The molecule has 1 amide bonds. The number of hydrogen-bond donors (Lipinski definition) is 1. The second-order valence-electron chi connectivity index (χ2n) is 3.67. The maximum absolute atomic E-state index is 11.5. The number of anilines is 1. The Balaban J connectivity index is 2.04. The molecule has 16 heavy (non-hydrogen) atoms. The molecule has 0 aromatic carbocycles. The lowest BCUT2D eigenvalue weighted by Gasteiger charge is -2.31. The number of amides is 1. The van der Waals surface area contributed by atoms with Gasteiger partial charge in [-0.05, 0) is 6.92 Å². The number of likely N-dealkylation sites (N-methyl/N-ethyl adjacent to an activating group) is 1. The summed E-state index contributed by atoms with van der Waals surface area (Å²) in [7, 11) is 1.62. The van der Waals surface area contributed by atoms with Crippen LogP contribution >= 0.6 is 11.3 Å². The molecule has 0 radical (unpaired) electrons.